The van der Waals surface area contributed by atoms with Crippen molar-refractivity contribution in [1.29, 1.82) is 0 Å². The zero-order chi connectivity index (χ0) is 13.8. The maximum Gasteiger partial charge on any atom is 0.173 e. The molecule has 0 aliphatic rings. The molecule has 0 saturated carbocycles. The minimum absolute atomic E-state index is 0.0200. The van der Waals surface area contributed by atoms with Crippen LogP contribution >= 0.6 is 15.9 Å². The van der Waals surface area contributed by atoms with Crippen molar-refractivity contribution in [3.05, 3.63) is 40.5 Å². The highest BCUT2D eigenvalue weighted by atomic mass is 79.9. The first-order valence-corrected chi connectivity index (χ1v) is 7.18. The second kappa shape index (κ2) is 6.36. The van der Waals surface area contributed by atoms with E-state index in [2.05, 4.69) is 40.3 Å². The smallest absolute Gasteiger partial charge is 0.173 e. The van der Waals surface area contributed by atoms with E-state index in [1.165, 1.54) is 0 Å². The molecule has 0 bridgehead atoms. The van der Waals surface area contributed by atoms with Gasteiger partial charge in [-0.1, -0.05) is 6.92 Å². The molecular formula is C13H19BrN4O. The number of nitrogens with zero attached hydrogens (tertiary/aromatic N) is 2. The van der Waals surface area contributed by atoms with Crippen LogP contribution in [0.25, 0.3) is 0 Å². The van der Waals surface area contributed by atoms with E-state index in [0.29, 0.717) is 10.7 Å². The Morgan fingerprint density at radius 2 is 2.32 bits per heavy atom. The topological polar surface area (TPSA) is 69.0 Å². The summed E-state index contributed by atoms with van der Waals surface area (Å²) in [5.74, 6) is 5.63. The van der Waals surface area contributed by atoms with Gasteiger partial charge in [0.2, 0.25) is 0 Å². The molecule has 2 rings (SSSR count). The molecule has 2 aromatic rings. The first kappa shape index (κ1) is 14.3. The van der Waals surface area contributed by atoms with E-state index < -0.39 is 0 Å². The summed E-state index contributed by atoms with van der Waals surface area (Å²) < 4.78 is 7.94. The Bertz CT molecular complexity index is 522. The molecule has 5 nitrogen and oxygen atoms in total. The van der Waals surface area contributed by atoms with Gasteiger partial charge in [-0.25, -0.2) is 0 Å². The van der Waals surface area contributed by atoms with Gasteiger partial charge in [0.05, 0.1) is 18.0 Å². The molecule has 0 spiro atoms. The third-order valence-corrected chi connectivity index (χ3v) is 3.99. The van der Waals surface area contributed by atoms with E-state index in [1.54, 1.807) is 6.26 Å². The summed E-state index contributed by atoms with van der Waals surface area (Å²) in [6, 6.07) is 4.33. The lowest BCUT2D eigenvalue weighted by Crippen LogP contribution is -2.29. The Morgan fingerprint density at radius 3 is 2.89 bits per heavy atom. The summed E-state index contributed by atoms with van der Waals surface area (Å²) in [6.45, 7) is 4.31. The zero-order valence-corrected chi connectivity index (χ0v) is 12.7. The predicted octanol–water partition coefficient (Wildman–Crippen LogP) is 2.96. The SMILES string of the molecule is CCC(C)n1ccc(CC(NN)c2ccoc2Br)n1. The zero-order valence-electron chi connectivity index (χ0n) is 11.1. The van der Waals surface area contributed by atoms with Crippen LogP contribution in [0.5, 0.6) is 0 Å². The van der Waals surface area contributed by atoms with Crippen molar-refractivity contribution < 1.29 is 4.42 Å². The third kappa shape index (κ3) is 3.26. The van der Waals surface area contributed by atoms with Crippen molar-refractivity contribution in [1.82, 2.24) is 15.2 Å². The number of hydrogen-bond acceptors (Lipinski definition) is 4. The molecule has 0 amide bonds. The van der Waals surface area contributed by atoms with E-state index in [4.69, 9.17) is 10.3 Å². The molecule has 0 fully saturated rings. The van der Waals surface area contributed by atoms with Gasteiger partial charge < -0.3 is 4.42 Å². The second-order valence-corrected chi connectivity index (χ2v) is 5.34. The van der Waals surface area contributed by atoms with Gasteiger partial charge in [-0.3, -0.25) is 16.0 Å². The summed E-state index contributed by atoms with van der Waals surface area (Å²) in [5, 5.41) is 4.58. The van der Waals surface area contributed by atoms with Gasteiger partial charge in [-0.2, -0.15) is 5.10 Å². The molecule has 0 aliphatic carbocycles. The lowest BCUT2D eigenvalue weighted by atomic mass is 10.1. The highest BCUT2D eigenvalue weighted by Gasteiger charge is 2.17. The van der Waals surface area contributed by atoms with Crippen molar-refractivity contribution >= 4 is 15.9 Å². The van der Waals surface area contributed by atoms with E-state index >= 15 is 0 Å². The Balaban J connectivity index is 2.11. The normalized spacial score (nSPS) is 14.5. The van der Waals surface area contributed by atoms with E-state index in [1.807, 2.05) is 23.0 Å². The maximum atomic E-state index is 5.63. The molecule has 104 valence electrons. The number of nitrogens with two attached hydrogens (primary N) is 1. The average molecular weight is 327 g/mol. The molecule has 0 radical (unpaired) electrons. The monoisotopic (exact) mass is 326 g/mol. The molecule has 19 heavy (non-hydrogen) atoms. The minimum atomic E-state index is -0.0200. The number of aromatic nitrogens is 2. The fraction of sp³-hybridized carbons (Fsp3) is 0.462. The number of hydrogen-bond donors (Lipinski definition) is 2. The van der Waals surface area contributed by atoms with Crippen molar-refractivity contribution in [3.8, 4) is 0 Å². The lowest BCUT2D eigenvalue weighted by molar-refractivity contribution is 0.464. The van der Waals surface area contributed by atoms with E-state index in [-0.39, 0.29) is 6.04 Å². The number of rotatable bonds is 6. The highest BCUT2D eigenvalue weighted by Crippen LogP contribution is 2.26. The molecule has 0 aromatic carbocycles. The third-order valence-electron chi connectivity index (χ3n) is 3.34. The molecule has 0 aliphatic heterocycles. The van der Waals surface area contributed by atoms with Crippen LogP contribution < -0.4 is 11.3 Å². The predicted molar refractivity (Wildman–Crippen MR) is 77.4 cm³/mol. The fourth-order valence-electron chi connectivity index (χ4n) is 1.94. The Hall–Kier alpha value is -1.11. The molecule has 0 saturated heterocycles. The van der Waals surface area contributed by atoms with Crippen LogP contribution in [-0.2, 0) is 6.42 Å². The Labute approximate surface area is 121 Å². The van der Waals surface area contributed by atoms with Crippen molar-refractivity contribution in [2.75, 3.05) is 0 Å². The average Bonchev–Trinajstić information content (AvgIpc) is 3.04. The molecule has 3 N–H and O–H groups in total. The number of furan rings is 1. The van der Waals surface area contributed by atoms with Gasteiger partial charge in [0.1, 0.15) is 0 Å². The number of nitrogens with one attached hydrogen (secondary N) is 1. The van der Waals surface area contributed by atoms with Crippen LogP contribution in [0.15, 0.2) is 33.7 Å². The van der Waals surface area contributed by atoms with Crippen LogP contribution in [0.4, 0.5) is 0 Å². The van der Waals surface area contributed by atoms with Gasteiger partial charge in [-0.05, 0) is 41.4 Å². The van der Waals surface area contributed by atoms with Crippen LogP contribution in [0.2, 0.25) is 0 Å². The molecule has 2 unspecified atom stereocenters. The van der Waals surface area contributed by atoms with E-state index in [0.717, 1.165) is 24.1 Å². The summed E-state index contributed by atoms with van der Waals surface area (Å²) in [5.41, 5.74) is 4.82. The fourth-order valence-corrected chi connectivity index (χ4v) is 2.46. The van der Waals surface area contributed by atoms with Crippen LogP contribution in [0.1, 0.15) is 43.6 Å². The summed E-state index contributed by atoms with van der Waals surface area (Å²) in [4.78, 5) is 0. The lowest BCUT2D eigenvalue weighted by Gasteiger charge is -2.13. The van der Waals surface area contributed by atoms with Gasteiger partial charge in [0.15, 0.2) is 4.67 Å². The number of halogens is 1. The summed E-state index contributed by atoms with van der Waals surface area (Å²) in [7, 11) is 0. The minimum Gasteiger partial charge on any atom is -0.457 e. The standard InChI is InChI=1S/C13H19BrN4O/c1-3-9(2)18-6-4-10(17-18)8-12(16-15)11-5-7-19-13(11)14/h4-7,9,12,16H,3,8,15H2,1-2H3. The second-order valence-electron chi connectivity index (χ2n) is 4.62. The Morgan fingerprint density at radius 1 is 1.53 bits per heavy atom. The quantitative estimate of drug-likeness (QED) is 0.632. The first-order valence-electron chi connectivity index (χ1n) is 6.38. The molecule has 6 heteroatoms. The number of hydrazine groups is 1. The van der Waals surface area contributed by atoms with E-state index in [9.17, 15) is 0 Å². The van der Waals surface area contributed by atoms with Crippen molar-refractivity contribution in [2.24, 2.45) is 5.84 Å². The van der Waals surface area contributed by atoms with Crippen LogP contribution in [0.3, 0.4) is 0 Å². The van der Waals surface area contributed by atoms with Gasteiger partial charge in [0.25, 0.3) is 0 Å². The summed E-state index contributed by atoms with van der Waals surface area (Å²) in [6.07, 6.45) is 5.44. The molecular weight excluding hydrogens is 308 g/mol. The molecule has 2 aromatic heterocycles. The maximum absolute atomic E-state index is 5.63. The van der Waals surface area contributed by atoms with Crippen molar-refractivity contribution in [3.63, 3.8) is 0 Å². The first-order chi connectivity index (χ1) is 9.15. The van der Waals surface area contributed by atoms with Gasteiger partial charge >= 0.3 is 0 Å². The van der Waals surface area contributed by atoms with Crippen LogP contribution in [0, 0.1) is 0 Å². The molecule has 2 atom stereocenters. The summed E-state index contributed by atoms with van der Waals surface area (Å²) >= 11 is 3.37. The Kier molecular flexibility index (Phi) is 4.79. The van der Waals surface area contributed by atoms with Crippen molar-refractivity contribution in [2.45, 2.75) is 38.8 Å². The largest absolute Gasteiger partial charge is 0.457 e. The van der Waals surface area contributed by atoms with Crippen LogP contribution in [-0.4, -0.2) is 9.78 Å². The highest BCUT2D eigenvalue weighted by molar-refractivity contribution is 9.10. The van der Waals surface area contributed by atoms with Gasteiger partial charge in [0, 0.05) is 24.2 Å². The van der Waals surface area contributed by atoms with Gasteiger partial charge in [-0.15, -0.1) is 0 Å². The molecule has 2 heterocycles.